The molecule has 0 aliphatic heterocycles. The zero-order chi connectivity index (χ0) is 13.0. The normalized spacial score (nSPS) is 10.1. The standard InChI is InChI=1S/C15H16N2O/c1-3-16-15-13(9-6-10-17-15)14(18)12-8-5-4-7-11(12)2/h4-10H,3H2,1-2H3,(H,16,17). The lowest BCUT2D eigenvalue weighted by molar-refractivity contribution is 0.103. The fourth-order valence-electron chi connectivity index (χ4n) is 1.87. The third kappa shape index (κ3) is 2.40. The minimum Gasteiger partial charge on any atom is -0.370 e. The summed E-state index contributed by atoms with van der Waals surface area (Å²) in [6, 6.07) is 11.2. The molecule has 0 aliphatic carbocycles. The van der Waals surface area contributed by atoms with Gasteiger partial charge in [0.2, 0.25) is 0 Å². The number of aryl methyl sites for hydroxylation is 1. The molecule has 2 rings (SSSR count). The summed E-state index contributed by atoms with van der Waals surface area (Å²) >= 11 is 0. The molecule has 1 aromatic carbocycles. The molecule has 0 aliphatic rings. The Hall–Kier alpha value is -2.16. The van der Waals surface area contributed by atoms with Crippen LogP contribution in [0.5, 0.6) is 0 Å². The third-order valence-corrected chi connectivity index (χ3v) is 2.79. The molecule has 0 fully saturated rings. The van der Waals surface area contributed by atoms with E-state index in [9.17, 15) is 4.79 Å². The second-order valence-electron chi connectivity index (χ2n) is 4.07. The maximum atomic E-state index is 12.5. The molecule has 0 atom stereocenters. The number of nitrogens with zero attached hydrogens (tertiary/aromatic N) is 1. The van der Waals surface area contributed by atoms with Gasteiger partial charge in [-0.3, -0.25) is 4.79 Å². The fraction of sp³-hybridized carbons (Fsp3) is 0.200. The van der Waals surface area contributed by atoms with Crippen LogP contribution in [0.2, 0.25) is 0 Å². The van der Waals surface area contributed by atoms with E-state index < -0.39 is 0 Å². The van der Waals surface area contributed by atoms with Gasteiger partial charge in [0.05, 0.1) is 5.56 Å². The molecule has 3 heteroatoms. The van der Waals surface area contributed by atoms with Gasteiger partial charge in [-0.1, -0.05) is 24.3 Å². The van der Waals surface area contributed by atoms with E-state index in [0.717, 1.165) is 17.7 Å². The largest absolute Gasteiger partial charge is 0.370 e. The van der Waals surface area contributed by atoms with Crippen molar-refractivity contribution in [3.63, 3.8) is 0 Å². The second kappa shape index (κ2) is 5.45. The van der Waals surface area contributed by atoms with Crippen molar-refractivity contribution in [2.24, 2.45) is 0 Å². The number of carbonyl (C=O) groups is 1. The SMILES string of the molecule is CCNc1ncccc1C(=O)c1ccccc1C. The summed E-state index contributed by atoms with van der Waals surface area (Å²) in [6.07, 6.45) is 1.69. The number of nitrogens with one attached hydrogen (secondary N) is 1. The van der Waals surface area contributed by atoms with Gasteiger partial charge >= 0.3 is 0 Å². The molecule has 0 spiro atoms. The topological polar surface area (TPSA) is 42.0 Å². The molecule has 0 radical (unpaired) electrons. The van der Waals surface area contributed by atoms with E-state index in [2.05, 4.69) is 10.3 Å². The lowest BCUT2D eigenvalue weighted by Gasteiger charge is -2.09. The smallest absolute Gasteiger partial charge is 0.196 e. The molecule has 0 saturated heterocycles. The van der Waals surface area contributed by atoms with E-state index in [-0.39, 0.29) is 5.78 Å². The molecule has 2 aromatic rings. The number of ketones is 1. The highest BCUT2D eigenvalue weighted by Crippen LogP contribution is 2.18. The number of pyridine rings is 1. The molecule has 3 nitrogen and oxygen atoms in total. The Labute approximate surface area is 107 Å². The highest BCUT2D eigenvalue weighted by Gasteiger charge is 2.15. The van der Waals surface area contributed by atoms with Gasteiger partial charge in [-0.25, -0.2) is 4.98 Å². The van der Waals surface area contributed by atoms with Gasteiger partial charge in [-0.2, -0.15) is 0 Å². The number of benzene rings is 1. The van der Waals surface area contributed by atoms with Gasteiger partial charge in [0, 0.05) is 18.3 Å². The highest BCUT2D eigenvalue weighted by molar-refractivity contribution is 6.12. The minimum atomic E-state index is 0.0113. The van der Waals surface area contributed by atoms with Gasteiger partial charge in [0.15, 0.2) is 5.78 Å². The molecular weight excluding hydrogens is 224 g/mol. The molecule has 0 saturated carbocycles. The predicted molar refractivity (Wildman–Crippen MR) is 73.0 cm³/mol. The van der Waals surface area contributed by atoms with Crippen molar-refractivity contribution >= 4 is 11.6 Å². The van der Waals surface area contributed by atoms with Crippen molar-refractivity contribution in [3.8, 4) is 0 Å². The van der Waals surface area contributed by atoms with Crippen LogP contribution in [0, 0.1) is 6.92 Å². The third-order valence-electron chi connectivity index (χ3n) is 2.79. The van der Waals surface area contributed by atoms with Crippen LogP contribution in [0.4, 0.5) is 5.82 Å². The Balaban J connectivity index is 2.43. The van der Waals surface area contributed by atoms with Crippen LogP contribution in [0.3, 0.4) is 0 Å². The molecule has 0 unspecified atom stereocenters. The van der Waals surface area contributed by atoms with Crippen LogP contribution in [0.25, 0.3) is 0 Å². The lowest BCUT2D eigenvalue weighted by atomic mass is 9.99. The van der Waals surface area contributed by atoms with Gasteiger partial charge in [0.1, 0.15) is 5.82 Å². The number of rotatable bonds is 4. The molecule has 0 amide bonds. The number of anilines is 1. The first-order valence-corrected chi connectivity index (χ1v) is 6.03. The average Bonchev–Trinajstić information content (AvgIpc) is 2.40. The molecule has 0 bridgehead atoms. The van der Waals surface area contributed by atoms with E-state index in [4.69, 9.17) is 0 Å². The Morgan fingerprint density at radius 1 is 1.17 bits per heavy atom. The Morgan fingerprint density at radius 3 is 2.61 bits per heavy atom. The summed E-state index contributed by atoms with van der Waals surface area (Å²) in [5.74, 6) is 0.658. The number of hydrogen-bond acceptors (Lipinski definition) is 3. The van der Waals surface area contributed by atoms with E-state index >= 15 is 0 Å². The molecule has 1 heterocycles. The van der Waals surface area contributed by atoms with Gasteiger partial charge in [-0.15, -0.1) is 0 Å². The van der Waals surface area contributed by atoms with Gasteiger partial charge in [-0.05, 0) is 31.5 Å². The van der Waals surface area contributed by atoms with Gasteiger partial charge < -0.3 is 5.32 Å². The fourth-order valence-corrected chi connectivity index (χ4v) is 1.87. The Morgan fingerprint density at radius 2 is 1.89 bits per heavy atom. The first-order valence-electron chi connectivity index (χ1n) is 6.03. The predicted octanol–water partition coefficient (Wildman–Crippen LogP) is 3.05. The first kappa shape index (κ1) is 12.3. The minimum absolute atomic E-state index is 0.0113. The molecule has 18 heavy (non-hydrogen) atoms. The maximum Gasteiger partial charge on any atom is 0.196 e. The molecular formula is C15H16N2O. The molecule has 92 valence electrons. The van der Waals surface area contributed by atoms with Crippen LogP contribution in [-0.4, -0.2) is 17.3 Å². The van der Waals surface area contributed by atoms with Crippen molar-refractivity contribution in [2.45, 2.75) is 13.8 Å². The van der Waals surface area contributed by atoms with Crippen molar-refractivity contribution in [1.82, 2.24) is 4.98 Å². The highest BCUT2D eigenvalue weighted by atomic mass is 16.1. The summed E-state index contributed by atoms with van der Waals surface area (Å²) < 4.78 is 0. The van der Waals surface area contributed by atoms with Crippen LogP contribution in [0.15, 0.2) is 42.6 Å². The molecule has 1 N–H and O–H groups in total. The van der Waals surface area contributed by atoms with Crippen molar-refractivity contribution in [3.05, 3.63) is 59.3 Å². The lowest BCUT2D eigenvalue weighted by Crippen LogP contribution is -2.10. The van der Waals surface area contributed by atoms with Crippen LogP contribution in [-0.2, 0) is 0 Å². The maximum absolute atomic E-state index is 12.5. The van der Waals surface area contributed by atoms with Gasteiger partial charge in [0.25, 0.3) is 0 Å². The zero-order valence-electron chi connectivity index (χ0n) is 10.6. The van der Waals surface area contributed by atoms with E-state index in [1.807, 2.05) is 38.1 Å². The zero-order valence-corrected chi connectivity index (χ0v) is 10.6. The van der Waals surface area contributed by atoms with Crippen molar-refractivity contribution < 1.29 is 4.79 Å². The number of aromatic nitrogens is 1. The summed E-state index contributed by atoms with van der Waals surface area (Å²) in [5, 5.41) is 3.11. The Bertz CT molecular complexity index is 564. The second-order valence-corrected chi connectivity index (χ2v) is 4.07. The summed E-state index contributed by atoms with van der Waals surface area (Å²) in [7, 11) is 0. The first-order chi connectivity index (χ1) is 8.74. The van der Waals surface area contributed by atoms with Crippen molar-refractivity contribution in [2.75, 3.05) is 11.9 Å². The van der Waals surface area contributed by atoms with Crippen LogP contribution >= 0.6 is 0 Å². The monoisotopic (exact) mass is 240 g/mol. The van der Waals surface area contributed by atoms with E-state index in [0.29, 0.717) is 11.4 Å². The van der Waals surface area contributed by atoms with Crippen LogP contribution in [0.1, 0.15) is 28.4 Å². The number of carbonyl (C=O) groups excluding carboxylic acids is 1. The molecule has 1 aromatic heterocycles. The average molecular weight is 240 g/mol. The summed E-state index contributed by atoms with van der Waals surface area (Å²) in [5.41, 5.74) is 2.33. The van der Waals surface area contributed by atoms with E-state index in [1.165, 1.54) is 0 Å². The van der Waals surface area contributed by atoms with Crippen LogP contribution < -0.4 is 5.32 Å². The summed E-state index contributed by atoms with van der Waals surface area (Å²) in [4.78, 5) is 16.7. The van der Waals surface area contributed by atoms with Crippen molar-refractivity contribution in [1.29, 1.82) is 0 Å². The summed E-state index contributed by atoms with van der Waals surface area (Å²) in [6.45, 7) is 4.66. The van der Waals surface area contributed by atoms with E-state index in [1.54, 1.807) is 18.3 Å². The Kier molecular flexibility index (Phi) is 3.72. The number of hydrogen-bond donors (Lipinski definition) is 1. The quantitative estimate of drug-likeness (QED) is 0.835.